The molecule has 0 saturated carbocycles. The number of nitrogens with one attached hydrogen (secondary N) is 1. The van der Waals surface area contributed by atoms with E-state index < -0.39 is 12.0 Å². The van der Waals surface area contributed by atoms with Crippen LogP contribution < -0.4 is 16.6 Å². The third-order valence-corrected chi connectivity index (χ3v) is 1.81. The summed E-state index contributed by atoms with van der Waals surface area (Å²) in [6, 6.07) is 0. The largest absolute Gasteiger partial charge is 0.381 e. The predicted molar refractivity (Wildman–Crippen MR) is 53.2 cm³/mol. The Balaban J connectivity index is 2.70. The van der Waals surface area contributed by atoms with Gasteiger partial charge in [0.15, 0.2) is 5.82 Å². The summed E-state index contributed by atoms with van der Waals surface area (Å²) in [4.78, 5) is 25.7. The Kier molecular flexibility index (Phi) is 3.40. The maximum Gasteiger partial charge on any atom is 0.293 e. The zero-order valence-corrected chi connectivity index (χ0v) is 8.17. The molecule has 82 valence electrons. The first-order valence-corrected chi connectivity index (χ1v) is 4.25. The lowest BCUT2D eigenvalue weighted by molar-refractivity contribution is -0.125. The first-order chi connectivity index (χ1) is 7.02. The number of aliphatic hydroxyl groups is 1. The van der Waals surface area contributed by atoms with Crippen LogP contribution in [0.25, 0.3) is 0 Å². The van der Waals surface area contributed by atoms with E-state index in [4.69, 9.17) is 10.8 Å². The molecular formula is C8H12N4O3. The van der Waals surface area contributed by atoms with Gasteiger partial charge in [0.1, 0.15) is 6.10 Å². The van der Waals surface area contributed by atoms with Crippen LogP contribution in [0.4, 0.5) is 5.82 Å². The minimum absolute atomic E-state index is 0.0697. The molecule has 0 saturated heterocycles. The number of nitrogens with two attached hydrogens (primary N) is 1. The standard InChI is InChI=1S/C8H12N4O3/c1-12-3-2-10-7(8(12)15)11-4-5(13)6(9)14/h2-3,5,13H,4H2,1H3,(H2,9,14)(H,10,11). The highest BCUT2D eigenvalue weighted by Crippen LogP contribution is 1.92. The molecule has 1 aromatic rings. The van der Waals surface area contributed by atoms with Crippen molar-refractivity contribution in [1.29, 1.82) is 0 Å². The van der Waals surface area contributed by atoms with Gasteiger partial charge in [0.25, 0.3) is 5.56 Å². The van der Waals surface area contributed by atoms with Crippen molar-refractivity contribution in [3.05, 3.63) is 22.7 Å². The number of primary amides is 1. The van der Waals surface area contributed by atoms with Crippen molar-refractivity contribution in [3.63, 3.8) is 0 Å². The predicted octanol–water partition coefficient (Wildman–Crippen LogP) is -1.96. The third-order valence-electron chi connectivity index (χ3n) is 1.81. The second-order valence-corrected chi connectivity index (χ2v) is 2.99. The van der Waals surface area contributed by atoms with Crippen LogP contribution in [0, 0.1) is 0 Å². The van der Waals surface area contributed by atoms with Gasteiger partial charge in [-0.3, -0.25) is 9.59 Å². The molecule has 0 aromatic carbocycles. The summed E-state index contributed by atoms with van der Waals surface area (Å²) in [5, 5.41) is 11.6. The molecule has 0 bridgehead atoms. The number of hydrogen-bond acceptors (Lipinski definition) is 5. The van der Waals surface area contributed by atoms with Gasteiger partial charge in [-0.15, -0.1) is 0 Å². The second kappa shape index (κ2) is 4.56. The lowest BCUT2D eigenvalue weighted by Crippen LogP contribution is -2.35. The highest BCUT2D eigenvalue weighted by atomic mass is 16.3. The van der Waals surface area contributed by atoms with Crippen LogP contribution >= 0.6 is 0 Å². The molecule has 0 fully saturated rings. The van der Waals surface area contributed by atoms with Crippen molar-refractivity contribution < 1.29 is 9.90 Å². The first-order valence-electron chi connectivity index (χ1n) is 4.25. The van der Waals surface area contributed by atoms with E-state index in [1.165, 1.54) is 17.0 Å². The minimum atomic E-state index is -1.34. The Labute approximate surface area is 85.5 Å². The summed E-state index contributed by atoms with van der Waals surface area (Å²) in [5.41, 5.74) is 4.50. The molecule has 0 spiro atoms. The van der Waals surface area contributed by atoms with Crippen molar-refractivity contribution in [2.24, 2.45) is 12.8 Å². The van der Waals surface area contributed by atoms with E-state index in [-0.39, 0.29) is 17.9 Å². The number of hydrogen-bond donors (Lipinski definition) is 3. The lowest BCUT2D eigenvalue weighted by Gasteiger charge is -2.08. The van der Waals surface area contributed by atoms with Crippen molar-refractivity contribution >= 4 is 11.7 Å². The molecule has 0 aliphatic heterocycles. The number of aryl methyl sites for hydroxylation is 1. The Bertz CT molecular complexity index is 415. The average Bonchev–Trinajstić information content (AvgIpc) is 2.19. The second-order valence-electron chi connectivity index (χ2n) is 2.99. The molecule has 1 unspecified atom stereocenters. The van der Waals surface area contributed by atoms with Crippen LogP contribution in [-0.2, 0) is 11.8 Å². The quantitative estimate of drug-likeness (QED) is 0.536. The summed E-state index contributed by atoms with van der Waals surface area (Å²) in [5.74, 6) is -0.782. The molecule has 15 heavy (non-hydrogen) atoms. The van der Waals surface area contributed by atoms with Gasteiger partial charge < -0.3 is 20.7 Å². The number of rotatable bonds is 4. The Hall–Kier alpha value is -1.89. The SMILES string of the molecule is Cn1ccnc(NCC(O)C(N)=O)c1=O. The monoisotopic (exact) mass is 212 g/mol. The molecule has 4 N–H and O–H groups in total. The van der Waals surface area contributed by atoms with Crippen molar-refractivity contribution in [2.45, 2.75) is 6.10 Å². The summed E-state index contributed by atoms with van der Waals surface area (Å²) < 4.78 is 1.33. The van der Waals surface area contributed by atoms with Gasteiger partial charge in [0.2, 0.25) is 5.91 Å². The van der Waals surface area contributed by atoms with E-state index in [2.05, 4.69) is 10.3 Å². The van der Waals surface area contributed by atoms with Gasteiger partial charge in [-0.1, -0.05) is 0 Å². The molecule has 0 radical (unpaired) electrons. The zero-order valence-electron chi connectivity index (χ0n) is 8.17. The number of aromatic nitrogens is 2. The van der Waals surface area contributed by atoms with E-state index in [1.54, 1.807) is 7.05 Å². The van der Waals surface area contributed by atoms with Crippen LogP contribution in [0.15, 0.2) is 17.2 Å². The van der Waals surface area contributed by atoms with Crippen molar-refractivity contribution in [2.75, 3.05) is 11.9 Å². The molecular weight excluding hydrogens is 200 g/mol. The van der Waals surface area contributed by atoms with Gasteiger partial charge in [-0.25, -0.2) is 4.98 Å². The highest BCUT2D eigenvalue weighted by Gasteiger charge is 2.11. The van der Waals surface area contributed by atoms with Gasteiger partial charge in [-0.2, -0.15) is 0 Å². The van der Waals surface area contributed by atoms with Crippen LogP contribution in [-0.4, -0.2) is 33.2 Å². The summed E-state index contributed by atoms with van der Waals surface area (Å²) in [6.45, 7) is -0.137. The number of anilines is 1. The van der Waals surface area contributed by atoms with E-state index >= 15 is 0 Å². The van der Waals surface area contributed by atoms with E-state index in [9.17, 15) is 9.59 Å². The van der Waals surface area contributed by atoms with Crippen LogP contribution in [0.5, 0.6) is 0 Å². The zero-order chi connectivity index (χ0) is 11.4. The fraction of sp³-hybridized carbons (Fsp3) is 0.375. The van der Waals surface area contributed by atoms with E-state index in [0.29, 0.717) is 0 Å². The average molecular weight is 212 g/mol. The normalized spacial score (nSPS) is 12.1. The third kappa shape index (κ3) is 2.78. The van der Waals surface area contributed by atoms with Crippen molar-refractivity contribution in [1.82, 2.24) is 9.55 Å². The van der Waals surface area contributed by atoms with Gasteiger partial charge in [-0.05, 0) is 0 Å². The maximum atomic E-state index is 11.4. The molecule has 1 aromatic heterocycles. The van der Waals surface area contributed by atoms with Gasteiger partial charge >= 0.3 is 0 Å². The number of carbonyl (C=O) groups excluding carboxylic acids is 1. The summed E-state index contributed by atoms with van der Waals surface area (Å²) >= 11 is 0. The summed E-state index contributed by atoms with van der Waals surface area (Å²) in [6.07, 6.45) is 1.59. The number of aliphatic hydroxyl groups excluding tert-OH is 1. The molecule has 1 atom stereocenters. The van der Waals surface area contributed by atoms with Crippen LogP contribution in [0.1, 0.15) is 0 Å². The summed E-state index contributed by atoms with van der Waals surface area (Å²) in [7, 11) is 1.57. The highest BCUT2D eigenvalue weighted by molar-refractivity contribution is 5.79. The Morgan fingerprint density at radius 1 is 1.80 bits per heavy atom. The lowest BCUT2D eigenvalue weighted by atomic mass is 10.3. The van der Waals surface area contributed by atoms with E-state index in [0.717, 1.165) is 0 Å². The number of nitrogens with zero attached hydrogens (tertiary/aromatic N) is 2. The molecule has 1 heterocycles. The first kappa shape index (κ1) is 11.2. The molecule has 7 nitrogen and oxygen atoms in total. The number of carbonyl (C=O) groups is 1. The minimum Gasteiger partial charge on any atom is -0.381 e. The molecule has 0 aliphatic carbocycles. The Morgan fingerprint density at radius 3 is 3.07 bits per heavy atom. The maximum absolute atomic E-state index is 11.4. The molecule has 0 aliphatic rings. The topological polar surface area (TPSA) is 110 Å². The molecule has 1 rings (SSSR count). The van der Waals surface area contributed by atoms with Crippen LogP contribution in [0.3, 0.4) is 0 Å². The van der Waals surface area contributed by atoms with Crippen LogP contribution in [0.2, 0.25) is 0 Å². The van der Waals surface area contributed by atoms with Gasteiger partial charge in [0, 0.05) is 19.4 Å². The molecule has 7 heteroatoms. The fourth-order valence-electron chi connectivity index (χ4n) is 0.913. The van der Waals surface area contributed by atoms with Gasteiger partial charge in [0.05, 0.1) is 6.54 Å². The fourth-order valence-corrected chi connectivity index (χ4v) is 0.913. The Morgan fingerprint density at radius 2 is 2.47 bits per heavy atom. The smallest absolute Gasteiger partial charge is 0.293 e. The van der Waals surface area contributed by atoms with E-state index in [1.807, 2.05) is 0 Å². The molecule has 1 amide bonds. The number of amides is 1. The van der Waals surface area contributed by atoms with Crippen molar-refractivity contribution in [3.8, 4) is 0 Å².